The number of para-hydroxylation sites is 1. The van der Waals surface area contributed by atoms with Crippen LogP contribution in [0, 0.1) is 23.2 Å². The summed E-state index contributed by atoms with van der Waals surface area (Å²) in [6.07, 6.45) is 7.35. The minimum atomic E-state index is -0.958. The van der Waals surface area contributed by atoms with Crippen molar-refractivity contribution >= 4 is 22.4 Å². The second-order valence-corrected chi connectivity index (χ2v) is 9.71. The molecule has 1 aromatic carbocycles. The molecule has 1 heterocycles. The molecule has 0 radical (unpaired) electrons. The first-order valence-electron chi connectivity index (χ1n) is 8.94. The highest BCUT2D eigenvalue weighted by atomic mass is 32.2. The Balaban J connectivity index is 1.52. The van der Waals surface area contributed by atoms with Crippen LogP contribution in [0.5, 0.6) is 0 Å². The van der Waals surface area contributed by atoms with Crippen molar-refractivity contribution in [3.63, 3.8) is 0 Å². The smallest absolute Gasteiger partial charge is 0.233 e. The normalized spacial score (nSPS) is 41.0. The molecule has 5 aliphatic rings. The minimum absolute atomic E-state index is 0.110. The molecule has 4 heteroatoms. The predicted molar refractivity (Wildman–Crippen MR) is 90.7 cm³/mol. The number of fused-ring (bicyclic) bond motifs is 1. The highest BCUT2D eigenvalue weighted by molar-refractivity contribution is 7.85. The average Bonchev–Trinajstić information content (AvgIpc) is 2.54. The van der Waals surface area contributed by atoms with E-state index in [0.717, 1.165) is 47.6 Å². The van der Waals surface area contributed by atoms with Crippen LogP contribution >= 0.6 is 0 Å². The van der Waals surface area contributed by atoms with Gasteiger partial charge >= 0.3 is 0 Å². The summed E-state index contributed by atoms with van der Waals surface area (Å²) in [6, 6.07) is 7.78. The SMILES string of the molecule is O=C(N1CCS(=O)c2ccccc21)C12CC3CC(CC(C3)C1)C2. The maximum absolute atomic E-state index is 13.5. The fourth-order valence-corrected chi connectivity index (χ4v) is 7.36. The summed E-state index contributed by atoms with van der Waals surface area (Å²) in [4.78, 5) is 16.4. The van der Waals surface area contributed by atoms with Crippen molar-refractivity contribution in [1.82, 2.24) is 0 Å². The van der Waals surface area contributed by atoms with Gasteiger partial charge in [-0.25, -0.2) is 0 Å². The number of nitrogens with zero attached hydrogens (tertiary/aromatic N) is 1. The van der Waals surface area contributed by atoms with Crippen LogP contribution in [0.3, 0.4) is 0 Å². The molecule has 4 bridgehead atoms. The molecule has 3 nitrogen and oxygen atoms in total. The fraction of sp³-hybridized carbons (Fsp3) is 0.632. The molecule has 4 aliphatic carbocycles. The van der Waals surface area contributed by atoms with Crippen LogP contribution in [0.15, 0.2) is 29.2 Å². The van der Waals surface area contributed by atoms with Crippen LogP contribution in [0.25, 0.3) is 0 Å². The maximum Gasteiger partial charge on any atom is 0.233 e. The summed E-state index contributed by atoms with van der Waals surface area (Å²) in [5, 5.41) is 0. The molecule has 1 aromatic rings. The van der Waals surface area contributed by atoms with E-state index in [2.05, 4.69) is 0 Å². The Morgan fingerprint density at radius 3 is 2.30 bits per heavy atom. The van der Waals surface area contributed by atoms with Gasteiger partial charge in [-0.2, -0.15) is 0 Å². The van der Waals surface area contributed by atoms with E-state index >= 15 is 0 Å². The topological polar surface area (TPSA) is 37.4 Å². The summed E-state index contributed by atoms with van der Waals surface area (Å²) in [6.45, 7) is 0.615. The lowest BCUT2D eigenvalue weighted by Crippen LogP contribution is -2.56. The van der Waals surface area contributed by atoms with Crippen molar-refractivity contribution in [1.29, 1.82) is 0 Å². The third-order valence-electron chi connectivity index (χ3n) is 6.64. The Morgan fingerprint density at radius 2 is 1.65 bits per heavy atom. The lowest BCUT2D eigenvalue weighted by Gasteiger charge is -2.56. The number of anilines is 1. The summed E-state index contributed by atoms with van der Waals surface area (Å²) in [5.74, 6) is 3.24. The van der Waals surface area contributed by atoms with Gasteiger partial charge < -0.3 is 4.90 Å². The summed E-state index contributed by atoms with van der Waals surface area (Å²) in [5.41, 5.74) is 0.790. The van der Waals surface area contributed by atoms with Gasteiger partial charge in [0.25, 0.3) is 0 Å². The van der Waals surface area contributed by atoms with Crippen LogP contribution in [-0.2, 0) is 15.6 Å². The van der Waals surface area contributed by atoms with Gasteiger partial charge in [0.05, 0.1) is 26.8 Å². The number of rotatable bonds is 1. The van der Waals surface area contributed by atoms with Gasteiger partial charge in [-0.1, -0.05) is 12.1 Å². The molecule has 0 aromatic heterocycles. The molecule has 4 saturated carbocycles. The monoisotopic (exact) mass is 329 g/mol. The molecular formula is C19H23NO2S. The third kappa shape index (κ3) is 2.07. The molecule has 1 atom stereocenters. The van der Waals surface area contributed by atoms with Gasteiger partial charge in [-0.3, -0.25) is 9.00 Å². The molecule has 1 unspecified atom stereocenters. The standard InChI is InChI=1S/C19H23NO2S/c21-18(19-10-13-7-14(11-19)9-15(8-13)12-19)20-5-6-23(22)17-4-2-1-3-16(17)20/h1-4,13-15H,5-12H2. The van der Waals surface area contributed by atoms with E-state index in [1.165, 1.54) is 19.3 Å². The molecule has 0 spiro atoms. The summed E-state index contributed by atoms with van der Waals surface area (Å²) >= 11 is 0. The Labute approximate surface area is 139 Å². The van der Waals surface area contributed by atoms with Gasteiger partial charge in [-0.05, 0) is 68.4 Å². The largest absolute Gasteiger partial charge is 0.310 e. The Kier molecular flexibility index (Phi) is 3.04. The minimum Gasteiger partial charge on any atom is -0.310 e. The first kappa shape index (κ1) is 14.2. The van der Waals surface area contributed by atoms with Gasteiger partial charge in [0.15, 0.2) is 0 Å². The molecule has 122 valence electrons. The molecule has 23 heavy (non-hydrogen) atoms. The highest BCUT2D eigenvalue weighted by Gasteiger charge is 2.56. The van der Waals surface area contributed by atoms with Gasteiger partial charge in [0.2, 0.25) is 5.91 Å². The molecule has 6 rings (SSSR count). The molecular weight excluding hydrogens is 306 g/mol. The Morgan fingerprint density at radius 1 is 1.04 bits per heavy atom. The van der Waals surface area contributed by atoms with Crippen LogP contribution in [0.1, 0.15) is 38.5 Å². The van der Waals surface area contributed by atoms with Gasteiger partial charge in [-0.15, -0.1) is 0 Å². The number of benzene rings is 1. The van der Waals surface area contributed by atoms with Crippen molar-refractivity contribution in [2.75, 3.05) is 17.2 Å². The predicted octanol–water partition coefficient (Wildman–Crippen LogP) is 3.36. The summed E-state index contributed by atoms with van der Waals surface area (Å²) < 4.78 is 12.3. The zero-order chi connectivity index (χ0) is 15.6. The first-order valence-corrected chi connectivity index (χ1v) is 10.3. The van der Waals surface area contributed by atoms with Crippen LogP contribution < -0.4 is 4.90 Å². The lowest BCUT2D eigenvalue weighted by atomic mass is 9.49. The zero-order valence-electron chi connectivity index (χ0n) is 13.4. The van der Waals surface area contributed by atoms with Crippen LogP contribution in [0.4, 0.5) is 5.69 Å². The maximum atomic E-state index is 13.5. The van der Waals surface area contributed by atoms with Crippen molar-refractivity contribution in [3.8, 4) is 0 Å². The van der Waals surface area contributed by atoms with E-state index in [1.54, 1.807) is 0 Å². The van der Waals surface area contributed by atoms with Crippen LogP contribution in [-0.4, -0.2) is 22.4 Å². The molecule has 1 aliphatic heterocycles. The van der Waals surface area contributed by atoms with Crippen molar-refractivity contribution < 1.29 is 9.00 Å². The number of carbonyl (C=O) groups is 1. The molecule has 4 fully saturated rings. The average molecular weight is 329 g/mol. The quantitative estimate of drug-likeness (QED) is 0.792. The van der Waals surface area contributed by atoms with Crippen LogP contribution in [0.2, 0.25) is 0 Å². The second-order valence-electron chi connectivity index (χ2n) is 8.17. The van der Waals surface area contributed by atoms with E-state index in [0.29, 0.717) is 18.2 Å². The summed E-state index contributed by atoms with van der Waals surface area (Å²) in [7, 11) is -0.958. The van der Waals surface area contributed by atoms with Gasteiger partial charge in [0.1, 0.15) is 0 Å². The number of amides is 1. The molecule has 0 saturated heterocycles. The van der Waals surface area contributed by atoms with E-state index < -0.39 is 10.8 Å². The fourth-order valence-electron chi connectivity index (χ4n) is 6.15. The van der Waals surface area contributed by atoms with Crippen molar-refractivity contribution in [2.24, 2.45) is 23.2 Å². The highest BCUT2D eigenvalue weighted by Crippen LogP contribution is 2.60. The van der Waals surface area contributed by atoms with E-state index in [9.17, 15) is 9.00 Å². The molecule has 1 amide bonds. The van der Waals surface area contributed by atoms with Crippen molar-refractivity contribution in [3.05, 3.63) is 24.3 Å². The van der Waals surface area contributed by atoms with Gasteiger partial charge in [0, 0.05) is 12.3 Å². The molecule has 0 N–H and O–H groups in total. The van der Waals surface area contributed by atoms with E-state index in [1.807, 2.05) is 29.2 Å². The number of hydrogen-bond acceptors (Lipinski definition) is 2. The Bertz CT molecular complexity index is 663. The van der Waals surface area contributed by atoms with E-state index in [4.69, 9.17) is 0 Å². The first-order chi connectivity index (χ1) is 11.1. The number of hydrogen-bond donors (Lipinski definition) is 0. The lowest BCUT2D eigenvalue weighted by molar-refractivity contribution is -0.143. The van der Waals surface area contributed by atoms with E-state index in [-0.39, 0.29) is 5.41 Å². The second kappa shape index (κ2) is 4.92. The number of carbonyl (C=O) groups excluding carboxylic acids is 1. The third-order valence-corrected chi connectivity index (χ3v) is 8.03. The van der Waals surface area contributed by atoms with Crippen molar-refractivity contribution in [2.45, 2.75) is 43.4 Å². The Hall–Kier alpha value is -1.16. The zero-order valence-corrected chi connectivity index (χ0v) is 14.2.